The maximum absolute atomic E-state index is 10.9. The van der Waals surface area contributed by atoms with Gasteiger partial charge in [-0.1, -0.05) is 22.9 Å². The number of carbonyl (C=O) groups is 2. The zero-order valence-corrected chi connectivity index (χ0v) is 8.89. The van der Waals surface area contributed by atoms with Crippen LogP contribution in [0.15, 0.2) is 0 Å². The van der Waals surface area contributed by atoms with Gasteiger partial charge in [-0.25, -0.2) is 0 Å². The molecule has 0 aromatic rings. The van der Waals surface area contributed by atoms with E-state index in [1.165, 1.54) is 0 Å². The first-order valence-electron chi connectivity index (χ1n) is 3.87. The minimum Gasteiger partial charge on any atom is -0.462 e. The molecule has 1 unspecified atom stereocenters. The predicted octanol–water partition coefficient (Wildman–Crippen LogP) is 1.68. The molecule has 4 heteroatoms. The molecule has 0 rings (SSSR count). The van der Waals surface area contributed by atoms with Gasteiger partial charge in [-0.05, 0) is 13.3 Å². The van der Waals surface area contributed by atoms with Gasteiger partial charge < -0.3 is 4.74 Å². The van der Waals surface area contributed by atoms with Gasteiger partial charge in [0.05, 0.1) is 11.4 Å². The van der Waals surface area contributed by atoms with Crippen LogP contribution in [0.2, 0.25) is 0 Å². The molecule has 0 saturated heterocycles. The Hall–Kier alpha value is -0.380. The Kier molecular flexibility index (Phi) is 5.98. The molecule has 0 bridgehead atoms. The first-order valence-corrected chi connectivity index (χ1v) is 4.99. The third kappa shape index (κ3) is 5.29. The molecule has 0 aliphatic rings. The Bertz CT molecular complexity index is 168. The van der Waals surface area contributed by atoms with E-state index in [2.05, 4.69) is 15.9 Å². The summed E-state index contributed by atoms with van der Waals surface area (Å²) in [5, 5.41) is 0.211. The van der Waals surface area contributed by atoms with Crippen LogP contribution in [0.1, 0.15) is 26.7 Å². The smallest absolute Gasteiger partial charge is 0.313 e. The van der Waals surface area contributed by atoms with Gasteiger partial charge in [-0.15, -0.1) is 0 Å². The van der Waals surface area contributed by atoms with Crippen molar-refractivity contribution in [3.05, 3.63) is 0 Å². The number of ether oxygens (including phenoxy) is 1. The van der Waals surface area contributed by atoms with Gasteiger partial charge in [0.1, 0.15) is 6.42 Å². The predicted molar refractivity (Wildman–Crippen MR) is 49.3 cm³/mol. The maximum atomic E-state index is 10.9. The number of carbonyl (C=O) groups excluding carboxylic acids is 2. The molecule has 3 nitrogen and oxygen atoms in total. The fourth-order valence-electron chi connectivity index (χ4n) is 0.558. The van der Waals surface area contributed by atoms with Crippen molar-refractivity contribution in [1.82, 2.24) is 0 Å². The summed E-state index contributed by atoms with van der Waals surface area (Å²) < 4.78 is 4.89. The molecule has 70 valence electrons. The number of alkyl halides is 1. The summed E-state index contributed by atoms with van der Waals surface area (Å²) in [5.41, 5.74) is 0. The lowest BCUT2D eigenvalue weighted by Crippen LogP contribution is -2.17. The van der Waals surface area contributed by atoms with Gasteiger partial charge in [0.15, 0.2) is 5.78 Å². The summed E-state index contributed by atoms with van der Waals surface area (Å²) >= 11 is 2.97. The number of Topliss-reactive ketones (excluding diaryl/α,β-unsaturated/α-hetero) is 1. The standard InChI is InChI=1S/C8H13BrO3/c1-3-6(2)12-8(11)4-7(10)5-9/h6H,3-5H2,1-2H3. The summed E-state index contributed by atoms with van der Waals surface area (Å²) in [6.45, 7) is 3.72. The first kappa shape index (κ1) is 11.6. The summed E-state index contributed by atoms with van der Waals surface area (Å²) in [7, 11) is 0. The first-order chi connectivity index (χ1) is 5.60. The largest absolute Gasteiger partial charge is 0.462 e. The normalized spacial score (nSPS) is 12.2. The number of hydrogen-bond acceptors (Lipinski definition) is 3. The molecule has 0 aromatic carbocycles. The lowest BCUT2D eigenvalue weighted by atomic mass is 10.3. The van der Waals surface area contributed by atoms with E-state index >= 15 is 0 Å². The maximum Gasteiger partial charge on any atom is 0.313 e. The van der Waals surface area contributed by atoms with Gasteiger partial charge in [-0.2, -0.15) is 0 Å². The van der Waals surface area contributed by atoms with Crippen LogP contribution in [0.3, 0.4) is 0 Å². The molecule has 0 amide bonds. The summed E-state index contributed by atoms with van der Waals surface area (Å²) in [4.78, 5) is 21.7. The lowest BCUT2D eigenvalue weighted by Gasteiger charge is -2.09. The van der Waals surface area contributed by atoms with Gasteiger partial charge in [-0.3, -0.25) is 9.59 Å². The van der Waals surface area contributed by atoms with Gasteiger partial charge in [0.25, 0.3) is 0 Å². The molecule has 0 aliphatic carbocycles. The third-order valence-electron chi connectivity index (χ3n) is 1.40. The summed E-state index contributed by atoms with van der Waals surface area (Å²) in [6.07, 6.45) is 0.546. The van der Waals surface area contributed by atoms with Gasteiger partial charge in [0.2, 0.25) is 0 Å². The number of esters is 1. The van der Waals surface area contributed by atoms with Crippen molar-refractivity contribution in [3.63, 3.8) is 0 Å². The second kappa shape index (κ2) is 6.17. The third-order valence-corrected chi connectivity index (χ3v) is 2.02. The summed E-state index contributed by atoms with van der Waals surface area (Å²) in [6, 6.07) is 0. The minimum atomic E-state index is -0.436. The Balaban J connectivity index is 3.66. The van der Waals surface area contributed by atoms with Crippen molar-refractivity contribution >= 4 is 27.7 Å². The van der Waals surface area contributed by atoms with E-state index in [1.807, 2.05) is 6.92 Å². The molecule has 0 heterocycles. The van der Waals surface area contributed by atoms with Crippen molar-refractivity contribution in [2.75, 3.05) is 5.33 Å². The molecule has 0 aliphatic heterocycles. The van der Waals surface area contributed by atoms with E-state index in [9.17, 15) is 9.59 Å². The fraction of sp³-hybridized carbons (Fsp3) is 0.750. The van der Waals surface area contributed by atoms with Crippen molar-refractivity contribution < 1.29 is 14.3 Å². The monoisotopic (exact) mass is 236 g/mol. The van der Waals surface area contributed by atoms with Crippen LogP contribution in [0.25, 0.3) is 0 Å². The number of halogens is 1. The van der Waals surface area contributed by atoms with E-state index in [-0.39, 0.29) is 23.6 Å². The van der Waals surface area contributed by atoms with E-state index < -0.39 is 5.97 Å². The zero-order valence-electron chi connectivity index (χ0n) is 7.30. The van der Waals surface area contributed by atoms with Crippen LogP contribution in [0.5, 0.6) is 0 Å². The second-order valence-electron chi connectivity index (χ2n) is 2.56. The molecule has 1 atom stereocenters. The van der Waals surface area contributed by atoms with Crippen molar-refractivity contribution in [2.24, 2.45) is 0 Å². The number of rotatable bonds is 5. The molecule has 0 N–H and O–H groups in total. The molecular formula is C8H13BrO3. The Morgan fingerprint density at radius 1 is 1.50 bits per heavy atom. The van der Waals surface area contributed by atoms with E-state index in [0.29, 0.717) is 0 Å². The highest BCUT2D eigenvalue weighted by Crippen LogP contribution is 1.99. The minimum absolute atomic E-state index is 0.0966. The van der Waals surface area contributed by atoms with Crippen LogP contribution in [-0.4, -0.2) is 23.2 Å². The average molecular weight is 237 g/mol. The van der Waals surface area contributed by atoms with Crippen LogP contribution in [0, 0.1) is 0 Å². The Morgan fingerprint density at radius 2 is 2.08 bits per heavy atom. The van der Waals surface area contributed by atoms with E-state index in [1.54, 1.807) is 6.92 Å². The Labute approximate surface area is 80.6 Å². The molecule has 0 aromatic heterocycles. The topological polar surface area (TPSA) is 43.4 Å². The van der Waals surface area contributed by atoms with E-state index in [4.69, 9.17) is 4.74 Å². The second-order valence-corrected chi connectivity index (χ2v) is 3.12. The SMILES string of the molecule is CCC(C)OC(=O)CC(=O)CBr. The van der Waals surface area contributed by atoms with E-state index in [0.717, 1.165) is 6.42 Å². The summed E-state index contributed by atoms with van der Waals surface area (Å²) in [5.74, 6) is -0.586. The molecule has 0 radical (unpaired) electrons. The molecular weight excluding hydrogens is 224 g/mol. The molecule has 0 saturated carbocycles. The van der Waals surface area contributed by atoms with Crippen molar-refractivity contribution in [3.8, 4) is 0 Å². The van der Waals surface area contributed by atoms with Crippen LogP contribution in [-0.2, 0) is 14.3 Å². The highest BCUT2D eigenvalue weighted by Gasteiger charge is 2.11. The highest BCUT2D eigenvalue weighted by atomic mass is 79.9. The van der Waals surface area contributed by atoms with Crippen LogP contribution < -0.4 is 0 Å². The van der Waals surface area contributed by atoms with Crippen LogP contribution in [0.4, 0.5) is 0 Å². The zero-order chi connectivity index (χ0) is 9.56. The van der Waals surface area contributed by atoms with Gasteiger partial charge in [0, 0.05) is 0 Å². The van der Waals surface area contributed by atoms with Crippen molar-refractivity contribution in [2.45, 2.75) is 32.8 Å². The highest BCUT2D eigenvalue weighted by molar-refractivity contribution is 9.09. The molecule has 0 fully saturated rings. The molecule has 0 spiro atoms. The number of hydrogen-bond donors (Lipinski definition) is 0. The van der Waals surface area contributed by atoms with Gasteiger partial charge >= 0.3 is 5.97 Å². The Morgan fingerprint density at radius 3 is 2.50 bits per heavy atom. The number of ketones is 1. The quantitative estimate of drug-likeness (QED) is 0.415. The fourth-order valence-corrected chi connectivity index (χ4v) is 0.756. The average Bonchev–Trinajstić information content (AvgIpc) is 2.03. The molecule has 12 heavy (non-hydrogen) atoms. The van der Waals surface area contributed by atoms with Crippen molar-refractivity contribution in [1.29, 1.82) is 0 Å². The van der Waals surface area contributed by atoms with Crippen LogP contribution >= 0.6 is 15.9 Å². The lowest BCUT2D eigenvalue weighted by molar-refractivity contribution is -0.149.